The van der Waals surface area contributed by atoms with Gasteiger partial charge in [-0.2, -0.15) is 28.1 Å². The van der Waals surface area contributed by atoms with Crippen LogP contribution in [0.15, 0.2) is 36.4 Å². The van der Waals surface area contributed by atoms with Gasteiger partial charge in [-0.15, -0.1) is 0 Å². The van der Waals surface area contributed by atoms with Crippen LogP contribution >= 0.6 is 34.9 Å². The summed E-state index contributed by atoms with van der Waals surface area (Å²) in [4.78, 5) is 12.9. The van der Waals surface area contributed by atoms with Crippen LogP contribution in [0.5, 0.6) is 11.5 Å². The Morgan fingerprint density at radius 2 is 1.33 bits per heavy atom. The van der Waals surface area contributed by atoms with Gasteiger partial charge in [-0.3, -0.25) is 4.79 Å². The zero-order valence-electron chi connectivity index (χ0n) is 34.1. The Bertz CT molecular complexity index is 1730. The van der Waals surface area contributed by atoms with Crippen molar-refractivity contribution in [2.75, 3.05) is 60.5 Å². The van der Waals surface area contributed by atoms with E-state index in [9.17, 15) is 17.8 Å². The normalized spacial score (nSPS) is 14.8. The Morgan fingerprint density at radius 3 is 1.96 bits per heavy atom. The lowest BCUT2D eigenvalue weighted by molar-refractivity contribution is -0.668. The molecule has 0 atom stereocenters. The van der Waals surface area contributed by atoms with E-state index in [2.05, 4.69) is 12.2 Å². The number of unbranched alkanes of at least 4 members (excludes halogenated alkanes) is 14. The third-order valence-corrected chi connectivity index (χ3v) is 13.6. The van der Waals surface area contributed by atoms with Crippen LogP contribution in [0.4, 0.5) is 5.69 Å². The number of thioether (sulfide) groups is 2. The van der Waals surface area contributed by atoms with E-state index in [4.69, 9.17) is 14.2 Å². The van der Waals surface area contributed by atoms with E-state index in [1.807, 2.05) is 64.9 Å². The number of nitrogens with zero attached hydrogens (tertiary/aromatic N) is 1. The van der Waals surface area contributed by atoms with Gasteiger partial charge in [0.2, 0.25) is 11.4 Å². The summed E-state index contributed by atoms with van der Waals surface area (Å²) in [7, 11) is -4.35. The molecule has 3 aromatic rings. The molecular formula is C44H66N2O7S4. The molecule has 0 bridgehead atoms. The molecule has 13 heteroatoms. The van der Waals surface area contributed by atoms with Crippen molar-refractivity contribution in [1.82, 2.24) is 0 Å². The maximum Gasteiger partial charge on any atom is 0.262 e. The Labute approximate surface area is 355 Å². The van der Waals surface area contributed by atoms with Crippen LogP contribution in [0.1, 0.15) is 127 Å². The van der Waals surface area contributed by atoms with Crippen LogP contribution in [0.25, 0.3) is 22.4 Å². The summed E-state index contributed by atoms with van der Waals surface area (Å²) in [6.07, 6.45) is 24.0. The second-order valence-electron chi connectivity index (χ2n) is 14.7. The number of ether oxygens (including phenoxy) is 3. The predicted molar refractivity (Wildman–Crippen MR) is 241 cm³/mol. The van der Waals surface area contributed by atoms with Gasteiger partial charge in [-0.25, -0.2) is 8.42 Å². The molecule has 1 aliphatic rings. The van der Waals surface area contributed by atoms with Gasteiger partial charge in [-0.1, -0.05) is 114 Å². The van der Waals surface area contributed by atoms with E-state index in [0.29, 0.717) is 43.4 Å². The summed E-state index contributed by atoms with van der Waals surface area (Å²) in [6, 6.07) is 11.8. The predicted octanol–water partition coefficient (Wildman–Crippen LogP) is 10.7. The number of nitrogens with one attached hydrogen (secondary N) is 1. The van der Waals surface area contributed by atoms with Crippen LogP contribution in [0.2, 0.25) is 0 Å². The van der Waals surface area contributed by atoms with E-state index in [1.165, 1.54) is 83.5 Å². The van der Waals surface area contributed by atoms with Crippen molar-refractivity contribution in [3.63, 3.8) is 0 Å². The summed E-state index contributed by atoms with van der Waals surface area (Å²) in [5.74, 6) is 4.56. The maximum absolute atomic E-state index is 12.9. The summed E-state index contributed by atoms with van der Waals surface area (Å²) >= 11 is 5.19. The van der Waals surface area contributed by atoms with E-state index in [0.717, 1.165) is 69.9 Å². The molecule has 0 saturated carbocycles. The maximum atomic E-state index is 12.9. The van der Waals surface area contributed by atoms with Crippen molar-refractivity contribution in [3.8, 4) is 11.5 Å². The van der Waals surface area contributed by atoms with Gasteiger partial charge in [0.05, 0.1) is 36.5 Å². The highest BCUT2D eigenvalue weighted by Gasteiger charge is 2.20. The number of fused-ring (bicyclic) bond motifs is 2. The van der Waals surface area contributed by atoms with E-state index in [-0.39, 0.29) is 12.3 Å². The first-order valence-corrected chi connectivity index (χ1v) is 26.0. The van der Waals surface area contributed by atoms with Crippen molar-refractivity contribution in [2.45, 2.75) is 123 Å². The van der Waals surface area contributed by atoms with E-state index in [1.54, 1.807) is 23.1 Å². The van der Waals surface area contributed by atoms with Crippen LogP contribution in [0, 0.1) is 0 Å². The third-order valence-electron chi connectivity index (χ3n) is 9.90. The molecule has 0 radical (unpaired) electrons. The zero-order valence-corrected chi connectivity index (χ0v) is 37.4. The van der Waals surface area contributed by atoms with Crippen LogP contribution < -0.4 is 19.4 Å². The van der Waals surface area contributed by atoms with Gasteiger partial charge in [-0.05, 0) is 42.3 Å². The minimum absolute atomic E-state index is 0.000996. The van der Waals surface area contributed by atoms with Crippen LogP contribution in [-0.2, 0) is 26.2 Å². The number of aryl methyl sites for hydroxylation is 1. The Hall–Kier alpha value is -2.29. The number of benzene rings is 2. The SMILES string of the molecule is CCCCCCCCCCCCCCCCCC(=O)Nc1ccc2sc(/C=C/c3ccc4c(c3)OCCSCCOCCSCCO4)[n+](CCCS(=O)(=O)[O-])c2c1. The largest absolute Gasteiger partial charge is 0.748 e. The molecule has 0 fully saturated rings. The molecule has 2 heterocycles. The Balaban J connectivity index is 1.31. The number of carbonyl (C=O) groups is 1. The molecule has 57 heavy (non-hydrogen) atoms. The zero-order chi connectivity index (χ0) is 40.4. The summed E-state index contributed by atoms with van der Waals surface area (Å²) in [6.45, 7) is 5.24. The van der Waals surface area contributed by atoms with Gasteiger partial charge in [0.25, 0.3) is 5.01 Å². The quantitative estimate of drug-likeness (QED) is 0.0565. The van der Waals surface area contributed by atoms with Gasteiger partial charge < -0.3 is 24.1 Å². The number of carbonyl (C=O) groups excluding carboxylic acids is 1. The minimum Gasteiger partial charge on any atom is -0.748 e. The molecule has 1 aromatic heterocycles. The molecule has 1 amide bonds. The molecule has 318 valence electrons. The highest BCUT2D eigenvalue weighted by Crippen LogP contribution is 2.31. The number of hydrogen-bond donors (Lipinski definition) is 1. The highest BCUT2D eigenvalue weighted by atomic mass is 32.2. The monoisotopic (exact) mass is 862 g/mol. The first-order chi connectivity index (χ1) is 27.8. The van der Waals surface area contributed by atoms with Crippen LogP contribution in [0.3, 0.4) is 0 Å². The molecule has 0 spiro atoms. The standard InChI is InChI=1S/C44H66N2O7S4/c1-2-3-4-5-6-7-8-9-10-11-12-13-14-15-16-18-43(47)45-38-21-23-42-39(36-38)46(25-17-34-57(48,49)50)44(56-42)24-20-37-19-22-40-41(35-37)53-29-33-55-31-27-51-26-30-54-32-28-52-40/h19-24,35-36H,2-18,25-34H2,1H3,(H-,45,47,48,49,50)/b24-20+. The van der Waals surface area contributed by atoms with Crippen molar-refractivity contribution >= 4 is 78.9 Å². The van der Waals surface area contributed by atoms with Gasteiger partial charge in [0.1, 0.15) is 4.70 Å². The molecule has 1 N–H and O–H groups in total. The van der Waals surface area contributed by atoms with Crippen molar-refractivity contribution in [2.24, 2.45) is 0 Å². The lowest BCUT2D eigenvalue weighted by Crippen LogP contribution is -2.36. The third kappa shape index (κ3) is 20.0. The smallest absolute Gasteiger partial charge is 0.262 e. The van der Waals surface area contributed by atoms with Crippen molar-refractivity contribution < 1.29 is 36.5 Å². The first kappa shape index (κ1) is 47.4. The molecule has 9 nitrogen and oxygen atoms in total. The molecule has 1 aliphatic heterocycles. The second-order valence-corrected chi connectivity index (χ2v) is 19.7. The lowest BCUT2D eigenvalue weighted by Gasteiger charge is -2.13. The molecular weight excluding hydrogens is 797 g/mol. The van der Waals surface area contributed by atoms with Gasteiger partial charge in [0, 0.05) is 59.4 Å². The number of rotatable bonds is 23. The fourth-order valence-electron chi connectivity index (χ4n) is 6.80. The number of amides is 1. The van der Waals surface area contributed by atoms with E-state index < -0.39 is 15.9 Å². The minimum atomic E-state index is -4.35. The Kier molecular flexibility index (Phi) is 23.5. The number of thiazole rings is 1. The summed E-state index contributed by atoms with van der Waals surface area (Å²) < 4.78 is 55.4. The fourth-order valence-corrected chi connectivity index (χ4v) is 9.64. The van der Waals surface area contributed by atoms with E-state index >= 15 is 0 Å². The second kappa shape index (κ2) is 28.2. The van der Waals surface area contributed by atoms with Gasteiger partial charge in [0.15, 0.2) is 18.0 Å². The van der Waals surface area contributed by atoms with Crippen molar-refractivity contribution in [3.05, 3.63) is 47.0 Å². The number of anilines is 1. The molecule has 2 aromatic carbocycles. The summed E-state index contributed by atoms with van der Waals surface area (Å²) in [5, 5.41) is 3.98. The molecule has 4 rings (SSSR count). The first-order valence-electron chi connectivity index (χ1n) is 21.3. The number of aromatic nitrogens is 1. The molecule has 0 unspecified atom stereocenters. The van der Waals surface area contributed by atoms with Gasteiger partial charge >= 0.3 is 0 Å². The molecule has 0 saturated heterocycles. The topological polar surface area (TPSA) is 118 Å². The summed E-state index contributed by atoms with van der Waals surface area (Å²) in [5.41, 5.74) is 2.52. The Morgan fingerprint density at radius 1 is 0.737 bits per heavy atom. The average Bonchev–Trinajstić information content (AvgIpc) is 3.52. The lowest BCUT2D eigenvalue weighted by atomic mass is 10.0. The average molecular weight is 863 g/mol. The molecule has 0 aliphatic carbocycles. The van der Waals surface area contributed by atoms with Crippen molar-refractivity contribution in [1.29, 1.82) is 0 Å². The highest BCUT2D eigenvalue weighted by molar-refractivity contribution is 7.99. The number of hydrogen-bond acceptors (Lipinski definition) is 10. The van der Waals surface area contributed by atoms with Crippen LogP contribution in [-0.4, -0.2) is 74.1 Å². The fraction of sp³-hybridized carbons (Fsp3) is 0.636.